The summed E-state index contributed by atoms with van der Waals surface area (Å²) in [5.41, 5.74) is 8.69. The number of rotatable bonds is 3. The van der Waals surface area contributed by atoms with Crippen molar-refractivity contribution in [1.29, 1.82) is 0 Å². The number of para-hydroxylation sites is 2. The van der Waals surface area contributed by atoms with Crippen LogP contribution < -0.4 is 10.9 Å². The monoisotopic (exact) mass is 397 g/mol. The summed E-state index contributed by atoms with van der Waals surface area (Å²) in [5.74, 6) is -0.563. The number of sulfonamides is 1. The standard InChI is InChI=1S/C18H15N5O4S/c1-27-18(24)14-15-17(22-13-5-3-2-4-12(13)21-15)23(16(14)19)10-6-8-11(9-7-10)28(20,25)26/h2-9H,19H2,1H3,(H2,20,25,26). The number of hydrogen-bond donors (Lipinski definition) is 2. The molecule has 4 aromatic rings. The molecule has 0 saturated carbocycles. The normalized spacial score (nSPS) is 11.8. The molecular formula is C18H15N5O4S. The van der Waals surface area contributed by atoms with Crippen molar-refractivity contribution in [2.24, 2.45) is 5.14 Å². The largest absolute Gasteiger partial charge is 0.465 e. The van der Waals surface area contributed by atoms with Crippen LogP contribution in [0.1, 0.15) is 10.4 Å². The van der Waals surface area contributed by atoms with E-state index >= 15 is 0 Å². The Morgan fingerprint density at radius 2 is 1.64 bits per heavy atom. The summed E-state index contributed by atoms with van der Waals surface area (Å²) in [7, 11) is -2.59. The van der Waals surface area contributed by atoms with E-state index in [1.165, 1.54) is 35.9 Å². The first-order chi connectivity index (χ1) is 13.3. The van der Waals surface area contributed by atoms with Gasteiger partial charge in [0.1, 0.15) is 16.9 Å². The first-order valence-electron chi connectivity index (χ1n) is 8.09. The summed E-state index contributed by atoms with van der Waals surface area (Å²) in [6.07, 6.45) is 0. The van der Waals surface area contributed by atoms with Gasteiger partial charge in [0.05, 0.1) is 23.0 Å². The Balaban J connectivity index is 2.06. The Kier molecular flexibility index (Phi) is 4.02. The Labute approximate surface area is 159 Å². The molecule has 4 rings (SSSR count). The zero-order valence-electron chi connectivity index (χ0n) is 14.7. The molecule has 28 heavy (non-hydrogen) atoms. The minimum absolute atomic E-state index is 0.0454. The SMILES string of the molecule is COC(=O)c1c(N)n(-c2ccc(S(N)(=O)=O)cc2)c2nc3ccccc3nc12. The summed E-state index contributed by atoms with van der Waals surface area (Å²) < 4.78 is 29.4. The maximum Gasteiger partial charge on any atom is 0.343 e. The van der Waals surface area contributed by atoms with Crippen LogP contribution in [-0.2, 0) is 14.8 Å². The third-order valence-corrected chi connectivity index (χ3v) is 5.24. The van der Waals surface area contributed by atoms with Crippen LogP contribution in [0.25, 0.3) is 27.9 Å². The van der Waals surface area contributed by atoms with E-state index in [-0.39, 0.29) is 16.3 Å². The van der Waals surface area contributed by atoms with Gasteiger partial charge in [-0.3, -0.25) is 4.57 Å². The zero-order chi connectivity index (χ0) is 20.1. The van der Waals surface area contributed by atoms with Crippen LogP contribution in [0, 0.1) is 0 Å². The number of benzene rings is 2. The molecule has 0 unspecified atom stereocenters. The van der Waals surface area contributed by atoms with Crippen LogP contribution in [0.2, 0.25) is 0 Å². The summed E-state index contributed by atoms with van der Waals surface area (Å²) in [6.45, 7) is 0. The Morgan fingerprint density at radius 1 is 1.04 bits per heavy atom. The number of esters is 1. The second kappa shape index (κ2) is 6.29. The van der Waals surface area contributed by atoms with E-state index in [1.54, 1.807) is 12.1 Å². The number of nitrogens with two attached hydrogens (primary N) is 2. The molecule has 4 N–H and O–H groups in total. The lowest BCUT2D eigenvalue weighted by Gasteiger charge is -2.08. The lowest BCUT2D eigenvalue weighted by molar-refractivity contribution is 0.0604. The number of ether oxygens (including phenoxy) is 1. The van der Waals surface area contributed by atoms with Crippen LogP contribution in [0.4, 0.5) is 5.82 Å². The molecule has 2 aromatic carbocycles. The van der Waals surface area contributed by atoms with Gasteiger partial charge in [0.25, 0.3) is 0 Å². The van der Waals surface area contributed by atoms with Crippen molar-refractivity contribution in [1.82, 2.24) is 14.5 Å². The van der Waals surface area contributed by atoms with E-state index in [9.17, 15) is 13.2 Å². The molecule has 0 aliphatic heterocycles. The van der Waals surface area contributed by atoms with Crippen LogP contribution in [0.3, 0.4) is 0 Å². The third kappa shape index (κ3) is 2.75. The van der Waals surface area contributed by atoms with Crippen LogP contribution >= 0.6 is 0 Å². The minimum atomic E-state index is -3.84. The highest BCUT2D eigenvalue weighted by atomic mass is 32.2. The summed E-state index contributed by atoms with van der Waals surface area (Å²) in [4.78, 5) is 21.4. The quantitative estimate of drug-likeness (QED) is 0.500. The smallest absolute Gasteiger partial charge is 0.343 e. The zero-order valence-corrected chi connectivity index (χ0v) is 15.5. The molecule has 142 valence electrons. The Bertz CT molecular complexity index is 1340. The number of aromatic nitrogens is 3. The fourth-order valence-electron chi connectivity index (χ4n) is 3.01. The van der Waals surface area contributed by atoms with Gasteiger partial charge in [0.2, 0.25) is 10.0 Å². The molecule has 10 heteroatoms. The number of primary sulfonamides is 1. The van der Waals surface area contributed by atoms with E-state index in [2.05, 4.69) is 9.97 Å². The van der Waals surface area contributed by atoms with E-state index in [0.717, 1.165) is 0 Å². The molecule has 0 aliphatic carbocycles. The van der Waals surface area contributed by atoms with Crippen molar-refractivity contribution < 1.29 is 17.9 Å². The van der Waals surface area contributed by atoms with E-state index in [4.69, 9.17) is 15.6 Å². The first-order valence-corrected chi connectivity index (χ1v) is 9.64. The van der Waals surface area contributed by atoms with E-state index in [0.29, 0.717) is 27.9 Å². The number of hydrogen-bond acceptors (Lipinski definition) is 7. The lowest BCUT2D eigenvalue weighted by atomic mass is 10.2. The van der Waals surface area contributed by atoms with Crippen LogP contribution in [-0.4, -0.2) is 36.0 Å². The summed E-state index contributed by atoms with van der Waals surface area (Å²) >= 11 is 0. The van der Waals surface area contributed by atoms with Crippen molar-refractivity contribution in [3.05, 3.63) is 54.1 Å². The molecule has 0 radical (unpaired) electrons. The number of anilines is 1. The van der Waals surface area contributed by atoms with Crippen LogP contribution in [0.15, 0.2) is 53.4 Å². The van der Waals surface area contributed by atoms with E-state index in [1.807, 2.05) is 12.1 Å². The maximum absolute atomic E-state index is 12.3. The number of fused-ring (bicyclic) bond motifs is 2. The summed E-state index contributed by atoms with van der Waals surface area (Å²) in [6, 6.07) is 12.9. The molecule has 9 nitrogen and oxygen atoms in total. The van der Waals surface area contributed by atoms with Gasteiger partial charge in [0.15, 0.2) is 5.65 Å². The Hall–Kier alpha value is -3.50. The highest BCUT2D eigenvalue weighted by Crippen LogP contribution is 2.31. The summed E-state index contributed by atoms with van der Waals surface area (Å²) in [5, 5.41) is 5.15. The number of nitrogens with zero attached hydrogens (tertiary/aromatic N) is 3. The van der Waals surface area contributed by atoms with Gasteiger partial charge >= 0.3 is 5.97 Å². The van der Waals surface area contributed by atoms with Gasteiger partial charge in [-0.25, -0.2) is 28.3 Å². The molecule has 0 fully saturated rings. The van der Waals surface area contributed by atoms with E-state index < -0.39 is 16.0 Å². The average Bonchev–Trinajstić information content (AvgIpc) is 2.95. The van der Waals surface area contributed by atoms with Crippen molar-refractivity contribution >= 4 is 44.0 Å². The van der Waals surface area contributed by atoms with Crippen molar-refractivity contribution in [2.75, 3.05) is 12.8 Å². The first kappa shape index (κ1) is 17.9. The molecule has 0 saturated heterocycles. The number of carbonyl (C=O) groups excluding carboxylic acids is 1. The van der Waals surface area contributed by atoms with Crippen molar-refractivity contribution in [3.63, 3.8) is 0 Å². The molecule has 0 aliphatic rings. The fraction of sp³-hybridized carbons (Fsp3) is 0.0556. The predicted octanol–water partition coefficient (Wildman–Crippen LogP) is 1.59. The number of nitrogen functional groups attached to an aromatic ring is 1. The van der Waals surface area contributed by atoms with Gasteiger partial charge in [0, 0.05) is 5.69 Å². The number of carbonyl (C=O) groups is 1. The van der Waals surface area contributed by atoms with Gasteiger partial charge in [-0.05, 0) is 36.4 Å². The molecular weight excluding hydrogens is 382 g/mol. The van der Waals surface area contributed by atoms with Gasteiger partial charge in [-0.1, -0.05) is 12.1 Å². The third-order valence-electron chi connectivity index (χ3n) is 4.31. The second-order valence-corrected chi connectivity index (χ2v) is 7.57. The predicted molar refractivity (Wildman–Crippen MR) is 103 cm³/mol. The lowest BCUT2D eigenvalue weighted by Crippen LogP contribution is -2.12. The average molecular weight is 397 g/mol. The fourth-order valence-corrected chi connectivity index (χ4v) is 3.53. The van der Waals surface area contributed by atoms with Crippen LogP contribution in [0.5, 0.6) is 0 Å². The van der Waals surface area contributed by atoms with Crippen molar-refractivity contribution in [3.8, 4) is 5.69 Å². The molecule has 0 bridgehead atoms. The van der Waals surface area contributed by atoms with Gasteiger partial charge in [-0.15, -0.1) is 0 Å². The minimum Gasteiger partial charge on any atom is -0.465 e. The second-order valence-electron chi connectivity index (χ2n) is 6.01. The van der Waals surface area contributed by atoms with Gasteiger partial charge < -0.3 is 10.5 Å². The Morgan fingerprint density at radius 3 is 2.21 bits per heavy atom. The number of methoxy groups -OCH3 is 1. The van der Waals surface area contributed by atoms with Gasteiger partial charge in [-0.2, -0.15) is 0 Å². The molecule has 0 amide bonds. The highest BCUT2D eigenvalue weighted by Gasteiger charge is 2.25. The maximum atomic E-state index is 12.3. The molecule has 0 atom stereocenters. The molecule has 2 aromatic heterocycles. The molecule has 0 spiro atoms. The topological polar surface area (TPSA) is 143 Å². The molecule has 2 heterocycles. The highest BCUT2D eigenvalue weighted by molar-refractivity contribution is 7.89. The van der Waals surface area contributed by atoms with Crippen molar-refractivity contribution in [2.45, 2.75) is 4.90 Å².